The van der Waals surface area contributed by atoms with Gasteiger partial charge in [0.05, 0.1) is 15.1 Å². The maximum Gasteiger partial charge on any atom is 0.244 e. The molecule has 0 N–H and O–H groups in total. The number of benzene rings is 2. The molecule has 0 atom stereocenters. The van der Waals surface area contributed by atoms with Crippen molar-refractivity contribution < 1.29 is 17.6 Å². The number of sulfone groups is 1. The number of hydrogen-bond acceptors (Lipinski definition) is 6. The van der Waals surface area contributed by atoms with Crippen molar-refractivity contribution in [2.24, 2.45) is 0 Å². The van der Waals surface area contributed by atoms with Crippen LogP contribution in [0, 0.1) is 5.82 Å². The molecule has 0 aliphatic carbocycles. The number of likely N-dealkylation sites (N-methyl/N-ethyl adjacent to an activating group) is 1. The van der Waals surface area contributed by atoms with Gasteiger partial charge in [-0.1, -0.05) is 29.5 Å². The molecule has 0 bridgehead atoms. The highest BCUT2D eigenvalue weighted by Gasteiger charge is 2.26. The number of halogens is 1. The molecule has 1 amide bonds. The van der Waals surface area contributed by atoms with Crippen molar-refractivity contribution >= 4 is 42.4 Å². The van der Waals surface area contributed by atoms with Crippen LogP contribution in [0.4, 0.5) is 9.52 Å². The van der Waals surface area contributed by atoms with Crippen LogP contribution in [0.25, 0.3) is 10.2 Å². The highest BCUT2D eigenvalue weighted by atomic mass is 32.2. The molecule has 0 saturated heterocycles. The fourth-order valence-corrected chi connectivity index (χ4v) is 4.83. The van der Waals surface area contributed by atoms with Crippen LogP contribution in [0.5, 0.6) is 0 Å². The first-order chi connectivity index (χ1) is 13.3. The predicted octanol–water partition coefficient (Wildman–Crippen LogP) is 2.80. The van der Waals surface area contributed by atoms with Gasteiger partial charge in [-0.3, -0.25) is 9.69 Å². The molecule has 3 rings (SSSR count). The number of thiazole rings is 1. The Kier molecular flexibility index (Phi) is 6.07. The largest absolute Gasteiger partial charge is 0.308 e. The molecule has 6 nitrogen and oxygen atoms in total. The van der Waals surface area contributed by atoms with Crippen molar-refractivity contribution in [3.63, 3.8) is 0 Å². The van der Waals surface area contributed by atoms with Crippen molar-refractivity contribution in [3.8, 4) is 0 Å². The van der Waals surface area contributed by atoms with Gasteiger partial charge >= 0.3 is 0 Å². The molecule has 0 fully saturated rings. The van der Waals surface area contributed by atoms with E-state index in [9.17, 15) is 17.6 Å². The number of amides is 1. The molecule has 148 valence electrons. The van der Waals surface area contributed by atoms with Gasteiger partial charge in [0.15, 0.2) is 15.0 Å². The van der Waals surface area contributed by atoms with Gasteiger partial charge in [-0.25, -0.2) is 17.8 Å². The van der Waals surface area contributed by atoms with Crippen LogP contribution in [-0.2, 0) is 14.6 Å². The minimum absolute atomic E-state index is 0.0993. The number of anilines is 1. The lowest BCUT2D eigenvalue weighted by molar-refractivity contribution is -0.116. The van der Waals surface area contributed by atoms with Gasteiger partial charge < -0.3 is 4.90 Å². The lowest BCUT2D eigenvalue weighted by Crippen LogP contribution is -2.40. The van der Waals surface area contributed by atoms with Crippen molar-refractivity contribution in [1.29, 1.82) is 0 Å². The fourth-order valence-electron chi connectivity index (χ4n) is 2.58. The second-order valence-corrected chi connectivity index (χ2v) is 9.53. The van der Waals surface area contributed by atoms with E-state index in [1.807, 2.05) is 19.0 Å². The van der Waals surface area contributed by atoms with Crippen LogP contribution in [0.15, 0.2) is 53.4 Å². The standard InChI is InChI=1S/C19H20FN3O3S2/c1-22(2)10-11-23(19-21-16-9-8-14(20)12-17(16)27-19)18(24)13-28(25,26)15-6-4-3-5-7-15/h3-9,12H,10-11,13H2,1-2H3. The number of fused-ring (bicyclic) bond motifs is 1. The molecule has 0 aliphatic heterocycles. The Labute approximate surface area is 167 Å². The van der Waals surface area contributed by atoms with Crippen molar-refractivity contribution in [2.75, 3.05) is 37.8 Å². The van der Waals surface area contributed by atoms with Gasteiger partial charge in [-0.15, -0.1) is 0 Å². The molecule has 0 radical (unpaired) electrons. The summed E-state index contributed by atoms with van der Waals surface area (Å²) in [6, 6.07) is 12.1. The van der Waals surface area contributed by atoms with Crippen molar-refractivity contribution in [2.45, 2.75) is 4.90 Å². The van der Waals surface area contributed by atoms with Crippen LogP contribution >= 0.6 is 11.3 Å². The van der Waals surface area contributed by atoms with E-state index >= 15 is 0 Å². The number of hydrogen-bond donors (Lipinski definition) is 0. The zero-order valence-electron chi connectivity index (χ0n) is 15.5. The molecule has 3 aromatic rings. The normalized spacial score (nSPS) is 11.9. The topological polar surface area (TPSA) is 70.6 Å². The van der Waals surface area contributed by atoms with E-state index in [0.717, 1.165) is 11.3 Å². The fraction of sp³-hybridized carbons (Fsp3) is 0.263. The number of aromatic nitrogens is 1. The number of carbonyl (C=O) groups is 1. The third-order valence-electron chi connectivity index (χ3n) is 4.06. The average molecular weight is 422 g/mol. The Balaban J connectivity index is 1.91. The summed E-state index contributed by atoms with van der Waals surface area (Å²) in [5.41, 5.74) is 0.565. The SMILES string of the molecule is CN(C)CCN(C(=O)CS(=O)(=O)c1ccccc1)c1nc2ccc(F)cc2s1. The second-order valence-electron chi connectivity index (χ2n) is 6.53. The molecular formula is C19H20FN3O3S2. The van der Waals surface area contributed by atoms with E-state index in [4.69, 9.17) is 0 Å². The zero-order valence-corrected chi connectivity index (χ0v) is 17.1. The van der Waals surface area contributed by atoms with E-state index in [1.165, 1.54) is 29.2 Å². The first kappa shape index (κ1) is 20.4. The summed E-state index contributed by atoms with van der Waals surface area (Å²) in [7, 11) is -0.0594. The number of nitrogens with zero attached hydrogens (tertiary/aromatic N) is 3. The minimum Gasteiger partial charge on any atom is -0.308 e. The van der Waals surface area contributed by atoms with Crippen LogP contribution < -0.4 is 4.90 Å². The Morgan fingerprint density at radius 3 is 2.50 bits per heavy atom. The average Bonchev–Trinajstić information content (AvgIpc) is 3.04. The molecule has 0 unspecified atom stereocenters. The van der Waals surface area contributed by atoms with Crippen LogP contribution in [0.3, 0.4) is 0 Å². The highest BCUT2D eigenvalue weighted by Crippen LogP contribution is 2.29. The van der Waals surface area contributed by atoms with Crippen LogP contribution in [0.1, 0.15) is 0 Å². The molecule has 1 aromatic heterocycles. The first-order valence-electron chi connectivity index (χ1n) is 8.55. The Hall–Kier alpha value is -2.36. The summed E-state index contributed by atoms with van der Waals surface area (Å²) in [6.07, 6.45) is 0. The van der Waals surface area contributed by atoms with E-state index in [-0.39, 0.29) is 17.3 Å². The monoisotopic (exact) mass is 421 g/mol. The Morgan fingerprint density at radius 1 is 1.11 bits per heavy atom. The van der Waals surface area contributed by atoms with Gasteiger partial charge in [0, 0.05) is 13.1 Å². The van der Waals surface area contributed by atoms with E-state index in [1.54, 1.807) is 24.3 Å². The quantitative estimate of drug-likeness (QED) is 0.587. The van der Waals surface area contributed by atoms with Gasteiger partial charge in [-0.2, -0.15) is 0 Å². The lowest BCUT2D eigenvalue weighted by Gasteiger charge is -2.22. The molecule has 0 saturated carbocycles. The number of rotatable bonds is 7. The Bertz CT molecular complexity index is 1080. The molecule has 28 heavy (non-hydrogen) atoms. The van der Waals surface area contributed by atoms with Crippen LogP contribution in [0.2, 0.25) is 0 Å². The highest BCUT2D eigenvalue weighted by molar-refractivity contribution is 7.92. The van der Waals surface area contributed by atoms with Crippen molar-refractivity contribution in [3.05, 3.63) is 54.3 Å². The second kappa shape index (κ2) is 8.34. The summed E-state index contributed by atoms with van der Waals surface area (Å²) in [6.45, 7) is 0.805. The first-order valence-corrected chi connectivity index (χ1v) is 11.0. The molecule has 0 spiro atoms. The molecule has 0 aliphatic rings. The summed E-state index contributed by atoms with van der Waals surface area (Å²) < 4.78 is 39.3. The maximum atomic E-state index is 13.5. The summed E-state index contributed by atoms with van der Waals surface area (Å²) >= 11 is 1.16. The van der Waals surface area contributed by atoms with Gasteiger partial charge in [-0.05, 0) is 44.4 Å². The van der Waals surface area contributed by atoms with Gasteiger partial charge in [0.25, 0.3) is 0 Å². The van der Waals surface area contributed by atoms with Gasteiger partial charge in [0.2, 0.25) is 5.91 Å². The predicted molar refractivity (Wildman–Crippen MR) is 109 cm³/mol. The van der Waals surface area contributed by atoms with Gasteiger partial charge in [0.1, 0.15) is 11.6 Å². The lowest BCUT2D eigenvalue weighted by atomic mass is 10.3. The summed E-state index contributed by atoms with van der Waals surface area (Å²) in [5, 5.41) is 0.357. The van der Waals surface area contributed by atoms with E-state index in [0.29, 0.717) is 21.9 Å². The third-order valence-corrected chi connectivity index (χ3v) is 6.72. The van der Waals surface area contributed by atoms with E-state index in [2.05, 4.69) is 4.98 Å². The van der Waals surface area contributed by atoms with Crippen molar-refractivity contribution in [1.82, 2.24) is 9.88 Å². The number of carbonyl (C=O) groups excluding carboxylic acids is 1. The Morgan fingerprint density at radius 2 is 1.82 bits per heavy atom. The third kappa shape index (κ3) is 4.73. The summed E-state index contributed by atoms with van der Waals surface area (Å²) in [4.78, 5) is 20.7. The maximum absolute atomic E-state index is 13.5. The molecular weight excluding hydrogens is 401 g/mol. The smallest absolute Gasteiger partial charge is 0.244 e. The van der Waals surface area contributed by atoms with E-state index < -0.39 is 21.5 Å². The van der Waals surface area contributed by atoms with Crippen LogP contribution in [-0.4, -0.2) is 57.1 Å². The molecule has 2 aromatic carbocycles. The minimum atomic E-state index is -3.78. The molecule has 1 heterocycles. The zero-order chi connectivity index (χ0) is 20.3. The molecule has 9 heteroatoms. The summed E-state index contributed by atoms with van der Waals surface area (Å²) in [5.74, 6) is -1.61.